The summed E-state index contributed by atoms with van der Waals surface area (Å²) in [5.41, 5.74) is 1.32. The molecule has 2 heterocycles. The molecule has 2 amide bonds. The maximum absolute atomic E-state index is 12.5. The summed E-state index contributed by atoms with van der Waals surface area (Å²) in [4.78, 5) is 40.6. The minimum absolute atomic E-state index is 0.0226. The normalized spacial score (nSPS) is 16.2. The highest BCUT2D eigenvalue weighted by molar-refractivity contribution is 7.20. The van der Waals surface area contributed by atoms with Crippen molar-refractivity contribution < 1.29 is 29.0 Å². The maximum Gasteiger partial charge on any atom is 0.337 e. The van der Waals surface area contributed by atoms with E-state index in [1.807, 2.05) is 12.1 Å². The van der Waals surface area contributed by atoms with Gasteiger partial charge in [0.1, 0.15) is 15.8 Å². The monoisotopic (exact) mass is 639 g/mol. The van der Waals surface area contributed by atoms with Crippen molar-refractivity contribution in [3.63, 3.8) is 0 Å². The summed E-state index contributed by atoms with van der Waals surface area (Å²) < 4.78 is 12.9. The third-order valence-corrected chi connectivity index (χ3v) is 8.34. The van der Waals surface area contributed by atoms with Crippen LogP contribution in [0.1, 0.15) is 52.0 Å². The van der Waals surface area contributed by atoms with Crippen LogP contribution in [-0.2, 0) is 11.2 Å². The molecule has 1 aliphatic carbocycles. The molecule has 5 rings (SSSR count). The van der Waals surface area contributed by atoms with Crippen LogP contribution in [0.5, 0.6) is 17.4 Å². The number of halogens is 2. The highest BCUT2D eigenvalue weighted by Gasteiger charge is 2.25. The first kappa shape index (κ1) is 30.3. The van der Waals surface area contributed by atoms with Gasteiger partial charge in [-0.05, 0) is 73.7 Å². The van der Waals surface area contributed by atoms with Crippen LogP contribution in [0.25, 0.3) is 0 Å². The molecule has 0 spiro atoms. The number of amides is 2. The molecule has 1 fully saturated rings. The lowest BCUT2D eigenvalue weighted by Crippen LogP contribution is -2.39. The van der Waals surface area contributed by atoms with E-state index in [9.17, 15) is 19.5 Å². The van der Waals surface area contributed by atoms with Crippen molar-refractivity contribution in [2.24, 2.45) is 0 Å². The third kappa shape index (κ3) is 8.25. The first-order chi connectivity index (χ1) is 20.7. The highest BCUT2D eigenvalue weighted by atomic mass is 35.5. The Morgan fingerprint density at radius 2 is 1.65 bits per heavy atom. The number of hydrogen-bond donors (Lipinski definition) is 3. The quantitative estimate of drug-likeness (QED) is 0.167. The number of carboxylic acid groups (broad SMARTS) is 1. The topological polar surface area (TPSA) is 127 Å². The van der Waals surface area contributed by atoms with Crippen LogP contribution >= 0.6 is 34.5 Å². The summed E-state index contributed by atoms with van der Waals surface area (Å²) in [6, 6.07) is 18.5. The molecule has 2 aromatic carbocycles. The first-order valence-corrected chi connectivity index (χ1v) is 15.1. The van der Waals surface area contributed by atoms with Crippen LogP contribution in [0, 0.1) is 0 Å². The molecule has 9 nitrogen and oxygen atoms in total. The number of carbonyl (C=O) groups is 3. The third-order valence-electron chi connectivity index (χ3n) is 6.85. The van der Waals surface area contributed by atoms with Crippen LogP contribution in [0.3, 0.4) is 0 Å². The van der Waals surface area contributed by atoms with Crippen LogP contribution in [0.15, 0.2) is 72.9 Å². The van der Waals surface area contributed by atoms with Gasteiger partial charge in [0, 0.05) is 18.3 Å². The van der Waals surface area contributed by atoms with Crippen molar-refractivity contribution in [1.29, 1.82) is 0 Å². The summed E-state index contributed by atoms with van der Waals surface area (Å²) in [7, 11) is 0. The van der Waals surface area contributed by atoms with E-state index in [1.165, 1.54) is 17.4 Å². The van der Waals surface area contributed by atoms with Gasteiger partial charge < -0.3 is 25.2 Å². The van der Waals surface area contributed by atoms with E-state index in [0.717, 1.165) is 31.4 Å². The van der Waals surface area contributed by atoms with Gasteiger partial charge in [-0.3, -0.25) is 9.59 Å². The fraction of sp³-hybridized carbons (Fsp3) is 0.226. The number of hydrogen-bond acceptors (Lipinski definition) is 7. The Bertz CT molecular complexity index is 1600. The number of anilines is 1. The molecule has 1 saturated carbocycles. The lowest BCUT2D eigenvalue weighted by Gasteiger charge is -2.29. The van der Waals surface area contributed by atoms with Gasteiger partial charge in [-0.15, -0.1) is 11.3 Å². The van der Waals surface area contributed by atoms with Crippen LogP contribution in [-0.4, -0.2) is 40.0 Å². The Kier molecular flexibility index (Phi) is 9.81. The summed E-state index contributed by atoms with van der Waals surface area (Å²) in [6.45, 7) is 0. The van der Waals surface area contributed by atoms with E-state index in [1.54, 1.807) is 54.7 Å². The fourth-order valence-corrected chi connectivity index (χ4v) is 6.18. The Labute approximate surface area is 261 Å². The number of aromatic carboxylic acids is 1. The molecule has 0 radical (unpaired) electrons. The molecule has 43 heavy (non-hydrogen) atoms. The number of aromatic nitrogens is 1. The van der Waals surface area contributed by atoms with Crippen molar-refractivity contribution >= 4 is 58.0 Å². The van der Waals surface area contributed by atoms with E-state index in [2.05, 4.69) is 15.6 Å². The van der Waals surface area contributed by atoms with E-state index in [4.69, 9.17) is 32.7 Å². The van der Waals surface area contributed by atoms with Gasteiger partial charge in [-0.25, -0.2) is 9.78 Å². The first-order valence-electron chi connectivity index (χ1n) is 13.5. The fourth-order valence-electron chi connectivity index (χ4n) is 4.72. The van der Waals surface area contributed by atoms with Crippen LogP contribution in [0.2, 0.25) is 8.67 Å². The van der Waals surface area contributed by atoms with Gasteiger partial charge in [0.25, 0.3) is 5.91 Å². The number of rotatable bonds is 10. The minimum Gasteiger partial charge on any atom is -0.490 e. The molecule has 0 atom stereocenters. The van der Waals surface area contributed by atoms with Gasteiger partial charge in [-0.1, -0.05) is 41.4 Å². The van der Waals surface area contributed by atoms with Crippen molar-refractivity contribution in [1.82, 2.24) is 10.3 Å². The smallest absolute Gasteiger partial charge is 0.337 e. The maximum atomic E-state index is 12.5. The second-order valence-corrected chi connectivity index (χ2v) is 12.2. The zero-order chi connectivity index (χ0) is 30.3. The second kappa shape index (κ2) is 13.9. The minimum atomic E-state index is -1.11. The second-order valence-electron chi connectivity index (χ2n) is 9.96. The van der Waals surface area contributed by atoms with Crippen molar-refractivity contribution in [2.45, 2.75) is 44.2 Å². The van der Waals surface area contributed by atoms with E-state index >= 15 is 0 Å². The molecule has 12 heteroatoms. The molecule has 4 aromatic rings. The van der Waals surface area contributed by atoms with Gasteiger partial charge in [0.2, 0.25) is 11.8 Å². The lowest BCUT2D eigenvalue weighted by atomic mass is 9.92. The van der Waals surface area contributed by atoms with Crippen molar-refractivity contribution in [3.05, 3.63) is 98.3 Å². The predicted octanol–water partition coefficient (Wildman–Crippen LogP) is 7.24. The Hall–Kier alpha value is -4.12. The zero-order valence-corrected chi connectivity index (χ0v) is 25.0. The summed E-state index contributed by atoms with van der Waals surface area (Å²) in [6.07, 6.45) is 4.82. The van der Waals surface area contributed by atoms with E-state index < -0.39 is 5.97 Å². The van der Waals surface area contributed by atoms with E-state index in [0.29, 0.717) is 31.4 Å². The number of thiophene rings is 1. The molecular formula is C31H27Cl2N3O6S. The number of ether oxygens (including phenoxy) is 2. The summed E-state index contributed by atoms with van der Waals surface area (Å²) >= 11 is 13.2. The number of nitrogens with one attached hydrogen (secondary N) is 2. The van der Waals surface area contributed by atoms with Gasteiger partial charge in [0.15, 0.2) is 0 Å². The predicted molar refractivity (Wildman–Crippen MR) is 165 cm³/mol. The van der Waals surface area contributed by atoms with Gasteiger partial charge in [-0.2, -0.15) is 0 Å². The number of benzene rings is 2. The average Bonchev–Trinajstić information content (AvgIpc) is 3.34. The molecule has 222 valence electrons. The number of para-hydroxylation sites is 1. The van der Waals surface area contributed by atoms with Crippen molar-refractivity contribution in [2.75, 3.05) is 5.32 Å². The van der Waals surface area contributed by atoms with Crippen molar-refractivity contribution in [3.8, 4) is 17.4 Å². The molecule has 0 aliphatic heterocycles. The molecule has 0 bridgehead atoms. The summed E-state index contributed by atoms with van der Waals surface area (Å²) in [5, 5.41) is 15.0. The number of carboxylic acids is 1. The zero-order valence-electron chi connectivity index (χ0n) is 22.7. The molecule has 2 aromatic heterocycles. The molecule has 1 aliphatic rings. The van der Waals surface area contributed by atoms with E-state index in [-0.39, 0.29) is 41.6 Å². The van der Waals surface area contributed by atoms with Crippen LogP contribution in [0.4, 0.5) is 5.69 Å². The molecule has 0 unspecified atom stereocenters. The molecule has 0 saturated heterocycles. The largest absolute Gasteiger partial charge is 0.490 e. The Morgan fingerprint density at radius 3 is 2.30 bits per heavy atom. The van der Waals surface area contributed by atoms with Gasteiger partial charge >= 0.3 is 5.97 Å². The van der Waals surface area contributed by atoms with Crippen LogP contribution < -0.4 is 20.1 Å². The lowest BCUT2D eigenvalue weighted by molar-refractivity contribution is -0.115. The standard InChI is InChI=1S/C31H27Cl2N3O6S/c32-26-16-24(29(33)43-26)30(38)35-19-6-8-20(9-7-19)41-21-10-12-22(13-11-21)42-28-14-5-18(17-34-28)15-27(37)36-25-4-2-1-3-23(25)31(39)40/h1-5,10-14,16-17,19-20H,6-9,15H2,(H,35,38)(H,36,37)(H,39,40). The highest BCUT2D eigenvalue weighted by Crippen LogP contribution is 2.32. The average molecular weight is 641 g/mol. The Balaban J connectivity index is 1.06. The molecular weight excluding hydrogens is 613 g/mol. The number of pyridine rings is 1. The van der Waals surface area contributed by atoms with Gasteiger partial charge in [0.05, 0.1) is 33.7 Å². The number of carbonyl (C=O) groups excluding carboxylic acids is 2. The number of nitrogens with zero attached hydrogens (tertiary/aromatic N) is 1. The summed E-state index contributed by atoms with van der Waals surface area (Å²) in [5.74, 6) is -0.0161. The molecule has 3 N–H and O–H groups in total. The Morgan fingerprint density at radius 1 is 0.930 bits per heavy atom. The SMILES string of the molecule is O=C(Cc1ccc(Oc2ccc(OC3CCC(NC(=O)c4cc(Cl)sc4Cl)CC3)cc2)nc1)Nc1ccccc1C(=O)O.